The molecule has 0 aromatic heterocycles. The number of aliphatic hydroxyl groups excluding tert-OH is 2. The van der Waals surface area contributed by atoms with Crippen molar-refractivity contribution in [3.05, 3.63) is 37.0 Å². The molecule has 3 N–H and O–H groups in total. The molecule has 0 aromatic rings. The average Bonchev–Trinajstić information content (AvgIpc) is 2.45. The third-order valence-corrected chi connectivity index (χ3v) is 1.94. The van der Waals surface area contributed by atoms with Crippen LogP contribution < -0.4 is 0 Å². The van der Waals surface area contributed by atoms with Crippen molar-refractivity contribution in [2.45, 2.75) is 19.3 Å². The smallest absolute Gasteiger partial charge is 0.423 e. The molecule has 0 saturated carbocycles. The third kappa shape index (κ3) is 5.27. The summed E-state index contributed by atoms with van der Waals surface area (Å²) in [6.45, 7) is 7.56. The van der Waals surface area contributed by atoms with E-state index in [0.29, 0.717) is 12.2 Å². The quantitative estimate of drug-likeness (QED) is 0.258. The highest BCUT2D eigenvalue weighted by molar-refractivity contribution is 5.84. The molecule has 0 bridgehead atoms. The molecule has 116 valence electrons. The van der Waals surface area contributed by atoms with Crippen molar-refractivity contribution in [3.63, 3.8) is 0 Å². The van der Waals surface area contributed by atoms with E-state index in [2.05, 4.69) is 27.4 Å². The van der Waals surface area contributed by atoms with Gasteiger partial charge in [0.05, 0.1) is 6.42 Å². The molecule has 0 fully saturated rings. The van der Waals surface area contributed by atoms with Gasteiger partial charge in [-0.05, 0) is 0 Å². The summed E-state index contributed by atoms with van der Waals surface area (Å²) in [4.78, 5) is 32.9. The van der Waals surface area contributed by atoms with E-state index in [-0.39, 0.29) is 6.42 Å². The van der Waals surface area contributed by atoms with Crippen LogP contribution in [0.25, 0.3) is 0 Å². The highest BCUT2D eigenvalue weighted by Crippen LogP contribution is 2.24. The normalized spacial score (nSPS) is 11.7. The van der Waals surface area contributed by atoms with Gasteiger partial charge in [0.25, 0.3) is 5.76 Å². The Bertz CT molecular complexity index is 467. The summed E-state index contributed by atoms with van der Waals surface area (Å²) in [6.07, 6.45) is 1.09. The summed E-state index contributed by atoms with van der Waals surface area (Å²) in [5.41, 5.74) is 0. The summed E-state index contributed by atoms with van der Waals surface area (Å²) < 4.78 is 13.9. The number of carboxylic acid groups (broad SMARTS) is 1. The predicted molar refractivity (Wildman–Crippen MR) is 66.6 cm³/mol. The van der Waals surface area contributed by atoms with E-state index < -0.39 is 35.6 Å². The number of esters is 2. The van der Waals surface area contributed by atoms with Crippen molar-refractivity contribution >= 4 is 17.9 Å². The fourth-order valence-electron chi connectivity index (χ4n) is 0.956. The number of aliphatic hydroxyl groups is 2. The molecule has 0 amide bonds. The molecule has 0 aliphatic carbocycles. The third-order valence-electron chi connectivity index (χ3n) is 1.94. The molecule has 9 nitrogen and oxygen atoms in total. The van der Waals surface area contributed by atoms with Crippen LogP contribution in [0.4, 0.5) is 0 Å². The number of carbonyl (C=O) groups is 3. The first-order valence-electron chi connectivity index (χ1n) is 5.46. The zero-order chi connectivity index (χ0) is 16.6. The molecule has 0 rings (SSSR count). The van der Waals surface area contributed by atoms with E-state index in [1.807, 2.05) is 0 Å². The molecule has 0 radical (unpaired) electrons. The fourth-order valence-corrected chi connectivity index (χ4v) is 0.956. The second-order valence-corrected chi connectivity index (χ2v) is 3.35. The number of carbonyl (C=O) groups excluding carboxylic acids is 2. The van der Waals surface area contributed by atoms with Crippen LogP contribution >= 0.6 is 0 Å². The molecule has 0 atom stereocenters. The number of hydrogen-bond acceptors (Lipinski definition) is 8. The van der Waals surface area contributed by atoms with Crippen molar-refractivity contribution in [3.8, 4) is 0 Å². The van der Waals surface area contributed by atoms with E-state index in [4.69, 9.17) is 10.2 Å². The maximum absolute atomic E-state index is 11.2. The molecule has 0 spiro atoms. The van der Waals surface area contributed by atoms with Crippen molar-refractivity contribution in [2.75, 3.05) is 0 Å². The lowest BCUT2D eigenvalue weighted by Crippen LogP contribution is -2.42. The number of aliphatic carboxylic acids is 1. The Balaban J connectivity index is 5.56. The molecule has 9 heteroatoms. The largest absolute Gasteiger partial charge is 0.497 e. The Morgan fingerprint density at radius 1 is 1.00 bits per heavy atom. The fraction of sp³-hybridized carbons (Fsp3) is 0.250. The van der Waals surface area contributed by atoms with Crippen molar-refractivity contribution in [2.24, 2.45) is 0 Å². The Morgan fingerprint density at radius 3 is 1.71 bits per heavy atom. The van der Waals surface area contributed by atoms with Crippen LogP contribution in [0.2, 0.25) is 0 Å². The minimum absolute atomic E-state index is 0.344. The van der Waals surface area contributed by atoms with Crippen molar-refractivity contribution in [1.29, 1.82) is 0 Å². The van der Waals surface area contributed by atoms with Gasteiger partial charge in [0.1, 0.15) is 0 Å². The molecule has 21 heavy (non-hydrogen) atoms. The van der Waals surface area contributed by atoms with Gasteiger partial charge in [0.2, 0.25) is 0 Å². The maximum Gasteiger partial charge on any atom is 0.423 e. The molecule has 0 aliphatic heterocycles. The summed E-state index contributed by atoms with van der Waals surface area (Å²) in [6, 6.07) is 0. The van der Waals surface area contributed by atoms with Gasteiger partial charge in [-0.1, -0.05) is 20.1 Å². The lowest BCUT2D eigenvalue weighted by molar-refractivity contribution is -0.340. The molecule has 0 aromatic carbocycles. The average molecular weight is 302 g/mol. The lowest BCUT2D eigenvalue weighted by Gasteiger charge is -2.29. The molecule has 0 heterocycles. The van der Waals surface area contributed by atoms with Crippen LogP contribution in [0.3, 0.4) is 0 Å². The Labute approximate surface area is 119 Å². The molecule has 0 unspecified atom stereocenters. The van der Waals surface area contributed by atoms with Gasteiger partial charge >= 0.3 is 29.8 Å². The van der Waals surface area contributed by atoms with E-state index >= 15 is 0 Å². The molecular formula is C12H14O9. The monoisotopic (exact) mass is 302 g/mol. The highest BCUT2D eigenvalue weighted by Gasteiger charge is 2.41. The number of rotatable bonds is 8. The predicted octanol–water partition coefficient (Wildman–Crippen LogP) is 0.895. The number of hydrogen-bond donors (Lipinski definition) is 3. The van der Waals surface area contributed by atoms with Crippen LogP contribution in [-0.2, 0) is 28.6 Å². The van der Waals surface area contributed by atoms with Crippen molar-refractivity contribution in [1.82, 2.24) is 0 Å². The Hall–Kier alpha value is -2.97. The second kappa shape index (κ2) is 7.58. The van der Waals surface area contributed by atoms with E-state index in [1.165, 1.54) is 6.92 Å². The Morgan fingerprint density at radius 2 is 1.43 bits per heavy atom. The first-order valence-corrected chi connectivity index (χ1v) is 5.46. The number of carboxylic acids is 1. The maximum atomic E-state index is 11.2. The van der Waals surface area contributed by atoms with Crippen molar-refractivity contribution < 1.29 is 43.9 Å². The van der Waals surface area contributed by atoms with Crippen LogP contribution in [0.5, 0.6) is 0 Å². The lowest BCUT2D eigenvalue weighted by atomic mass is 10.4. The minimum Gasteiger partial charge on any atom is -0.497 e. The standard InChI is InChI=1S/C12H14O9/c1-4-7(13)19-12(6-3,20-8(14)5-2)21-11(18)9(15)10(16)17/h4-5,15,18H,1-2,6H2,3H3,(H,16,17)/b11-9-. The molecule has 0 aliphatic rings. The van der Waals surface area contributed by atoms with Gasteiger partial charge in [0.15, 0.2) is 0 Å². The zero-order valence-electron chi connectivity index (χ0n) is 11.1. The number of ether oxygens (including phenoxy) is 3. The minimum atomic E-state index is -2.50. The molecular weight excluding hydrogens is 288 g/mol. The summed E-state index contributed by atoms with van der Waals surface area (Å²) >= 11 is 0. The highest BCUT2D eigenvalue weighted by atomic mass is 16.9. The van der Waals surface area contributed by atoms with Gasteiger partial charge < -0.3 is 29.5 Å². The summed E-state index contributed by atoms with van der Waals surface area (Å²) in [7, 11) is 0. The van der Waals surface area contributed by atoms with Gasteiger partial charge in [0, 0.05) is 12.2 Å². The van der Waals surface area contributed by atoms with Gasteiger partial charge in [-0.25, -0.2) is 14.4 Å². The van der Waals surface area contributed by atoms with Gasteiger partial charge in [-0.2, -0.15) is 0 Å². The van der Waals surface area contributed by atoms with Gasteiger partial charge in [-0.15, -0.1) is 0 Å². The molecule has 0 saturated heterocycles. The van der Waals surface area contributed by atoms with Crippen LogP contribution in [-0.4, -0.2) is 39.2 Å². The van der Waals surface area contributed by atoms with E-state index in [1.54, 1.807) is 0 Å². The summed E-state index contributed by atoms with van der Waals surface area (Å²) in [5.74, 6) is -9.67. The first kappa shape index (κ1) is 18.0. The summed E-state index contributed by atoms with van der Waals surface area (Å²) in [5, 5.41) is 26.8. The second-order valence-electron chi connectivity index (χ2n) is 3.35. The first-order chi connectivity index (χ1) is 9.71. The van der Waals surface area contributed by atoms with E-state index in [0.717, 1.165) is 0 Å². The topological polar surface area (TPSA) is 140 Å². The Kier molecular flexibility index (Phi) is 6.51. The van der Waals surface area contributed by atoms with E-state index in [9.17, 15) is 19.5 Å². The van der Waals surface area contributed by atoms with Crippen LogP contribution in [0, 0.1) is 0 Å². The van der Waals surface area contributed by atoms with Crippen LogP contribution in [0.1, 0.15) is 13.3 Å². The SMILES string of the molecule is C=CC(=O)OC(CC)(OC(=O)C=C)O/C(O)=C(\O)C(=O)O. The van der Waals surface area contributed by atoms with Crippen LogP contribution in [0.15, 0.2) is 37.0 Å². The van der Waals surface area contributed by atoms with Gasteiger partial charge in [-0.3, -0.25) is 0 Å². The zero-order valence-corrected chi connectivity index (χ0v) is 11.1.